The standard InChI is InChI=1S/C13H19N3O2S/c1-5-14-11(13-9(17-3)6-7-19-13)12-10(18-4)8-15-16(12)2/h6-8,11,14H,5H2,1-4H3. The van der Waals surface area contributed by atoms with E-state index in [2.05, 4.69) is 17.3 Å². The van der Waals surface area contributed by atoms with Crippen LogP contribution in [0.25, 0.3) is 0 Å². The Morgan fingerprint density at radius 2 is 2.11 bits per heavy atom. The predicted octanol–water partition coefficient (Wildman–Crippen LogP) is 2.20. The number of hydrogen-bond donors (Lipinski definition) is 1. The summed E-state index contributed by atoms with van der Waals surface area (Å²) in [7, 11) is 5.27. The normalized spacial score (nSPS) is 12.4. The number of ether oxygens (including phenoxy) is 2. The van der Waals surface area contributed by atoms with Gasteiger partial charge in [0.15, 0.2) is 5.75 Å². The number of aromatic nitrogens is 2. The van der Waals surface area contributed by atoms with Gasteiger partial charge in [0.05, 0.1) is 31.3 Å². The lowest BCUT2D eigenvalue weighted by Gasteiger charge is -2.19. The maximum atomic E-state index is 5.42. The molecule has 0 radical (unpaired) electrons. The number of methoxy groups -OCH3 is 2. The Balaban J connectivity index is 2.48. The van der Waals surface area contributed by atoms with E-state index in [1.807, 2.05) is 23.2 Å². The zero-order chi connectivity index (χ0) is 13.8. The molecule has 2 aromatic rings. The molecule has 0 bridgehead atoms. The second-order valence-corrected chi connectivity index (χ2v) is 5.01. The highest BCUT2D eigenvalue weighted by molar-refractivity contribution is 7.10. The lowest BCUT2D eigenvalue weighted by Crippen LogP contribution is -2.24. The Morgan fingerprint density at radius 3 is 2.74 bits per heavy atom. The van der Waals surface area contributed by atoms with Crippen LogP contribution < -0.4 is 14.8 Å². The maximum absolute atomic E-state index is 5.42. The summed E-state index contributed by atoms with van der Waals surface area (Å²) in [5, 5.41) is 9.77. The highest BCUT2D eigenvalue weighted by Gasteiger charge is 2.25. The lowest BCUT2D eigenvalue weighted by atomic mass is 10.1. The Bertz CT molecular complexity index is 536. The molecule has 0 saturated heterocycles. The minimum atomic E-state index is 0.0161. The Morgan fingerprint density at radius 1 is 1.37 bits per heavy atom. The fourth-order valence-electron chi connectivity index (χ4n) is 2.12. The predicted molar refractivity (Wildman–Crippen MR) is 76.2 cm³/mol. The smallest absolute Gasteiger partial charge is 0.161 e. The van der Waals surface area contributed by atoms with E-state index in [0.29, 0.717) is 0 Å². The van der Waals surface area contributed by atoms with Gasteiger partial charge in [-0.15, -0.1) is 11.3 Å². The summed E-state index contributed by atoms with van der Waals surface area (Å²) in [4.78, 5) is 1.13. The Kier molecular flexibility index (Phi) is 4.44. The SMILES string of the molecule is CCNC(c1sccc1OC)c1c(OC)cnn1C. The average Bonchev–Trinajstić information content (AvgIpc) is 3.02. The summed E-state index contributed by atoms with van der Waals surface area (Å²) < 4.78 is 12.7. The fourth-order valence-corrected chi connectivity index (χ4v) is 3.06. The van der Waals surface area contributed by atoms with E-state index in [1.165, 1.54) is 0 Å². The summed E-state index contributed by atoms with van der Waals surface area (Å²) in [6.07, 6.45) is 1.74. The van der Waals surface area contributed by atoms with Crippen LogP contribution >= 0.6 is 11.3 Å². The van der Waals surface area contributed by atoms with Crippen LogP contribution in [0.15, 0.2) is 17.6 Å². The summed E-state index contributed by atoms with van der Waals surface area (Å²) in [6, 6.07) is 2.00. The molecule has 0 fully saturated rings. The van der Waals surface area contributed by atoms with Gasteiger partial charge >= 0.3 is 0 Å². The minimum Gasteiger partial charge on any atom is -0.496 e. The molecule has 0 spiro atoms. The molecule has 19 heavy (non-hydrogen) atoms. The van der Waals surface area contributed by atoms with E-state index in [9.17, 15) is 0 Å². The second-order valence-electron chi connectivity index (χ2n) is 4.07. The van der Waals surface area contributed by atoms with Crippen molar-refractivity contribution in [3.63, 3.8) is 0 Å². The van der Waals surface area contributed by atoms with Crippen LogP contribution in [0.2, 0.25) is 0 Å². The Hall–Kier alpha value is -1.53. The van der Waals surface area contributed by atoms with Gasteiger partial charge in [-0.2, -0.15) is 5.10 Å². The number of aryl methyl sites for hydroxylation is 1. The van der Waals surface area contributed by atoms with Gasteiger partial charge in [0, 0.05) is 7.05 Å². The second kappa shape index (κ2) is 6.08. The van der Waals surface area contributed by atoms with Crippen LogP contribution in [0, 0.1) is 0 Å². The zero-order valence-electron chi connectivity index (χ0n) is 11.6. The third kappa shape index (κ3) is 2.59. The highest BCUT2D eigenvalue weighted by atomic mass is 32.1. The van der Waals surface area contributed by atoms with Gasteiger partial charge in [0.25, 0.3) is 0 Å². The average molecular weight is 281 g/mol. The molecule has 0 aliphatic heterocycles. The first-order valence-corrected chi connectivity index (χ1v) is 7.01. The van der Waals surface area contributed by atoms with Crippen LogP contribution in [0.5, 0.6) is 11.5 Å². The third-order valence-electron chi connectivity index (χ3n) is 2.99. The van der Waals surface area contributed by atoms with E-state index >= 15 is 0 Å². The van der Waals surface area contributed by atoms with Gasteiger partial charge in [-0.05, 0) is 18.0 Å². The monoisotopic (exact) mass is 281 g/mol. The van der Waals surface area contributed by atoms with Crippen molar-refractivity contribution in [2.24, 2.45) is 7.05 Å². The van der Waals surface area contributed by atoms with Crippen molar-refractivity contribution in [1.29, 1.82) is 0 Å². The maximum Gasteiger partial charge on any atom is 0.161 e. The minimum absolute atomic E-state index is 0.0161. The first kappa shape index (κ1) is 13.9. The zero-order valence-corrected chi connectivity index (χ0v) is 12.5. The van der Waals surface area contributed by atoms with E-state index in [0.717, 1.165) is 28.6 Å². The third-order valence-corrected chi connectivity index (χ3v) is 3.95. The van der Waals surface area contributed by atoms with Crippen molar-refractivity contribution in [3.05, 3.63) is 28.2 Å². The van der Waals surface area contributed by atoms with Crippen molar-refractivity contribution >= 4 is 11.3 Å². The van der Waals surface area contributed by atoms with E-state index in [1.54, 1.807) is 31.8 Å². The lowest BCUT2D eigenvalue weighted by molar-refractivity contribution is 0.393. The number of thiophene rings is 1. The highest BCUT2D eigenvalue weighted by Crippen LogP contribution is 2.37. The van der Waals surface area contributed by atoms with Crippen molar-refractivity contribution < 1.29 is 9.47 Å². The Labute approximate surface area is 117 Å². The van der Waals surface area contributed by atoms with Crippen LogP contribution in [0.4, 0.5) is 0 Å². The molecule has 0 aliphatic rings. The van der Waals surface area contributed by atoms with E-state index < -0.39 is 0 Å². The van der Waals surface area contributed by atoms with Crippen LogP contribution in [0.3, 0.4) is 0 Å². The molecule has 2 heterocycles. The van der Waals surface area contributed by atoms with Crippen LogP contribution in [0.1, 0.15) is 23.5 Å². The van der Waals surface area contributed by atoms with E-state index in [-0.39, 0.29) is 6.04 Å². The van der Waals surface area contributed by atoms with Crippen molar-refractivity contribution in [1.82, 2.24) is 15.1 Å². The molecule has 1 atom stereocenters. The van der Waals surface area contributed by atoms with Crippen molar-refractivity contribution in [2.75, 3.05) is 20.8 Å². The van der Waals surface area contributed by atoms with Gasteiger partial charge in [-0.1, -0.05) is 6.92 Å². The summed E-state index contributed by atoms with van der Waals surface area (Å²) in [5.74, 6) is 1.67. The molecule has 1 N–H and O–H groups in total. The van der Waals surface area contributed by atoms with Crippen molar-refractivity contribution in [2.45, 2.75) is 13.0 Å². The fraction of sp³-hybridized carbons (Fsp3) is 0.462. The number of rotatable bonds is 6. The molecule has 2 aromatic heterocycles. The molecule has 0 aromatic carbocycles. The molecule has 5 nitrogen and oxygen atoms in total. The molecule has 0 amide bonds. The van der Waals surface area contributed by atoms with Crippen LogP contribution in [-0.2, 0) is 7.05 Å². The van der Waals surface area contributed by atoms with Crippen molar-refractivity contribution in [3.8, 4) is 11.5 Å². The number of hydrogen-bond acceptors (Lipinski definition) is 5. The molecule has 6 heteroatoms. The number of nitrogens with zero attached hydrogens (tertiary/aromatic N) is 2. The summed E-state index contributed by atoms with van der Waals surface area (Å²) in [6.45, 7) is 2.93. The summed E-state index contributed by atoms with van der Waals surface area (Å²) >= 11 is 1.66. The van der Waals surface area contributed by atoms with Gasteiger partial charge in [-0.25, -0.2) is 0 Å². The molecular formula is C13H19N3O2S. The van der Waals surface area contributed by atoms with E-state index in [4.69, 9.17) is 9.47 Å². The molecule has 2 rings (SSSR count). The van der Waals surface area contributed by atoms with Gasteiger partial charge in [0.2, 0.25) is 0 Å². The largest absolute Gasteiger partial charge is 0.496 e. The molecule has 104 valence electrons. The first-order valence-electron chi connectivity index (χ1n) is 6.13. The molecule has 0 aliphatic carbocycles. The van der Waals surface area contributed by atoms with Gasteiger partial charge < -0.3 is 14.8 Å². The number of nitrogens with one attached hydrogen (secondary N) is 1. The topological polar surface area (TPSA) is 48.3 Å². The summed E-state index contributed by atoms with van der Waals surface area (Å²) in [5.41, 5.74) is 1.00. The first-order chi connectivity index (χ1) is 9.22. The quantitative estimate of drug-likeness (QED) is 0.882. The van der Waals surface area contributed by atoms with Crippen LogP contribution in [-0.4, -0.2) is 30.5 Å². The molecule has 1 unspecified atom stereocenters. The van der Waals surface area contributed by atoms with Gasteiger partial charge in [-0.3, -0.25) is 4.68 Å². The molecule has 0 saturated carbocycles. The molecular weight excluding hydrogens is 262 g/mol. The van der Waals surface area contributed by atoms with Gasteiger partial charge in [0.1, 0.15) is 11.4 Å².